The molecule has 14 heavy (non-hydrogen) atoms. The van der Waals surface area contributed by atoms with Gasteiger partial charge in [-0.1, -0.05) is 15.9 Å². The molecule has 6 nitrogen and oxygen atoms in total. The van der Waals surface area contributed by atoms with Crippen LogP contribution < -0.4 is 0 Å². The second-order valence-corrected chi connectivity index (χ2v) is 3.17. The Morgan fingerprint density at radius 1 is 1.21 bits per heavy atom. The standard InChI is InChI=1S/C7H11BrO6/c8-1-3(10)5(12)7(14)6(13)4(11)2-9/h4,6-7,9,11,13-14H,1-2H2/t4-,6-,7+/m1/s1. The van der Waals surface area contributed by atoms with Crippen LogP contribution in [0.25, 0.3) is 0 Å². The largest absolute Gasteiger partial charge is 0.394 e. The molecule has 0 aliphatic carbocycles. The van der Waals surface area contributed by atoms with Crippen LogP contribution in [0.4, 0.5) is 0 Å². The summed E-state index contributed by atoms with van der Waals surface area (Å²) >= 11 is 2.71. The Hall–Kier alpha value is -0.340. The summed E-state index contributed by atoms with van der Waals surface area (Å²) in [5, 5.41) is 35.1. The number of ketones is 2. The molecule has 0 fully saturated rings. The molecule has 0 unspecified atom stereocenters. The van der Waals surface area contributed by atoms with Crippen molar-refractivity contribution in [3.05, 3.63) is 0 Å². The molecule has 0 aromatic carbocycles. The van der Waals surface area contributed by atoms with Crippen molar-refractivity contribution in [2.45, 2.75) is 18.3 Å². The number of carbonyl (C=O) groups is 2. The number of halogens is 1. The fraction of sp³-hybridized carbons (Fsp3) is 0.714. The molecule has 0 aromatic rings. The Labute approximate surface area is 88.3 Å². The highest BCUT2D eigenvalue weighted by Gasteiger charge is 2.32. The first-order valence-electron chi connectivity index (χ1n) is 3.73. The summed E-state index contributed by atoms with van der Waals surface area (Å²) < 4.78 is 0. The van der Waals surface area contributed by atoms with Crippen molar-refractivity contribution in [2.24, 2.45) is 0 Å². The van der Waals surface area contributed by atoms with Gasteiger partial charge in [-0.2, -0.15) is 0 Å². The van der Waals surface area contributed by atoms with Gasteiger partial charge in [-0.05, 0) is 0 Å². The van der Waals surface area contributed by atoms with Gasteiger partial charge in [-0.25, -0.2) is 0 Å². The van der Waals surface area contributed by atoms with Crippen molar-refractivity contribution in [3.8, 4) is 0 Å². The molecule has 0 aliphatic heterocycles. The fourth-order valence-electron chi connectivity index (χ4n) is 0.704. The van der Waals surface area contributed by atoms with Crippen molar-refractivity contribution in [3.63, 3.8) is 0 Å². The maximum atomic E-state index is 11.0. The number of hydrogen-bond donors (Lipinski definition) is 4. The monoisotopic (exact) mass is 270 g/mol. The second kappa shape index (κ2) is 6.20. The van der Waals surface area contributed by atoms with E-state index < -0.39 is 36.5 Å². The third kappa shape index (κ3) is 3.43. The highest BCUT2D eigenvalue weighted by molar-refractivity contribution is 9.09. The number of alkyl halides is 1. The molecule has 0 saturated carbocycles. The molecule has 4 N–H and O–H groups in total. The number of aliphatic hydroxyl groups is 4. The van der Waals surface area contributed by atoms with E-state index in [9.17, 15) is 9.59 Å². The van der Waals surface area contributed by atoms with Crippen LogP contribution in [0, 0.1) is 0 Å². The van der Waals surface area contributed by atoms with Crippen molar-refractivity contribution in [1.82, 2.24) is 0 Å². The first kappa shape index (κ1) is 13.7. The molecular formula is C7H11BrO6. The minimum Gasteiger partial charge on any atom is -0.394 e. The zero-order chi connectivity index (χ0) is 11.3. The SMILES string of the molecule is O=C(CBr)C(=O)[C@H](O)[C@H](O)[C@H](O)CO. The minimum atomic E-state index is -2.01. The first-order valence-corrected chi connectivity index (χ1v) is 4.85. The maximum absolute atomic E-state index is 11.0. The fourth-order valence-corrected chi connectivity index (χ4v) is 0.981. The molecule has 0 heterocycles. The molecule has 3 atom stereocenters. The van der Waals surface area contributed by atoms with E-state index in [0.29, 0.717) is 0 Å². The second-order valence-electron chi connectivity index (χ2n) is 2.61. The molecule has 0 aliphatic rings. The lowest BCUT2D eigenvalue weighted by molar-refractivity contribution is -0.148. The minimum absolute atomic E-state index is 0.273. The Balaban J connectivity index is 4.38. The van der Waals surface area contributed by atoms with Crippen LogP contribution in [0.5, 0.6) is 0 Å². The zero-order valence-corrected chi connectivity index (χ0v) is 8.72. The number of hydrogen-bond acceptors (Lipinski definition) is 6. The van der Waals surface area contributed by atoms with E-state index >= 15 is 0 Å². The summed E-state index contributed by atoms with van der Waals surface area (Å²) in [5.41, 5.74) is 0. The molecule has 0 amide bonds. The summed E-state index contributed by atoms with van der Waals surface area (Å²) in [6, 6.07) is 0. The molecule has 0 aromatic heterocycles. The zero-order valence-electron chi connectivity index (χ0n) is 7.13. The lowest BCUT2D eigenvalue weighted by atomic mass is 10.0. The van der Waals surface area contributed by atoms with E-state index in [4.69, 9.17) is 20.4 Å². The summed E-state index contributed by atoms with van der Waals surface area (Å²) in [6.07, 6.45) is -5.53. The van der Waals surface area contributed by atoms with Crippen LogP contribution in [0.1, 0.15) is 0 Å². The summed E-state index contributed by atoms with van der Waals surface area (Å²) in [6.45, 7) is -0.811. The predicted molar refractivity (Wildman–Crippen MR) is 48.9 cm³/mol. The number of Topliss-reactive ketones (excluding diaryl/α,β-unsaturated/α-hetero) is 2. The summed E-state index contributed by atoms with van der Waals surface area (Å²) in [4.78, 5) is 21.7. The van der Waals surface area contributed by atoms with E-state index in [1.165, 1.54) is 0 Å². The van der Waals surface area contributed by atoms with Crippen LogP contribution >= 0.6 is 15.9 Å². The first-order chi connectivity index (χ1) is 6.45. The number of aliphatic hydroxyl groups excluding tert-OH is 4. The Morgan fingerprint density at radius 3 is 2.07 bits per heavy atom. The van der Waals surface area contributed by atoms with Crippen LogP contribution in [0.2, 0.25) is 0 Å². The van der Waals surface area contributed by atoms with Gasteiger partial charge in [0.1, 0.15) is 18.3 Å². The van der Waals surface area contributed by atoms with Gasteiger partial charge in [-0.15, -0.1) is 0 Å². The third-order valence-corrected chi connectivity index (χ3v) is 2.08. The van der Waals surface area contributed by atoms with Gasteiger partial charge in [0.05, 0.1) is 11.9 Å². The van der Waals surface area contributed by atoms with Gasteiger partial charge in [0.25, 0.3) is 0 Å². The average molecular weight is 271 g/mol. The van der Waals surface area contributed by atoms with Crippen LogP contribution in [0.15, 0.2) is 0 Å². The van der Waals surface area contributed by atoms with Crippen LogP contribution in [-0.4, -0.2) is 62.2 Å². The quantitative estimate of drug-likeness (QED) is 0.316. The Morgan fingerprint density at radius 2 is 1.71 bits per heavy atom. The molecule has 7 heteroatoms. The molecule has 0 saturated heterocycles. The van der Waals surface area contributed by atoms with Gasteiger partial charge in [-0.3, -0.25) is 9.59 Å². The van der Waals surface area contributed by atoms with Crippen molar-refractivity contribution < 1.29 is 30.0 Å². The summed E-state index contributed by atoms with van der Waals surface area (Å²) in [5.74, 6) is -2.12. The predicted octanol–water partition coefficient (Wildman–Crippen LogP) is -2.41. The van der Waals surface area contributed by atoms with Gasteiger partial charge < -0.3 is 20.4 Å². The smallest absolute Gasteiger partial charge is 0.230 e. The third-order valence-electron chi connectivity index (χ3n) is 1.57. The molecular weight excluding hydrogens is 260 g/mol. The van der Waals surface area contributed by atoms with Crippen molar-refractivity contribution >= 4 is 27.5 Å². The lowest BCUT2D eigenvalue weighted by Gasteiger charge is -2.19. The van der Waals surface area contributed by atoms with Gasteiger partial charge in [0.15, 0.2) is 0 Å². The van der Waals surface area contributed by atoms with Gasteiger partial charge in [0.2, 0.25) is 11.6 Å². The van der Waals surface area contributed by atoms with Gasteiger partial charge >= 0.3 is 0 Å². The number of carbonyl (C=O) groups excluding carboxylic acids is 2. The van der Waals surface area contributed by atoms with Crippen molar-refractivity contribution in [1.29, 1.82) is 0 Å². The topological polar surface area (TPSA) is 115 Å². The normalized spacial score (nSPS) is 17.2. The average Bonchev–Trinajstić information content (AvgIpc) is 2.23. The van der Waals surface area contributed by atoms with Crippen LogP contribution in [0.3, 0.4) is 0 Å². The number of rotatable bonds is 6. The van der Waals surface area contributed by atoms with E-state index in [1.807, 2.05) is 0 Å². The van der Waals surface area contributed by atoms with E-state index in [0.717, 1.165) is 0 Å². The summed E-state index contributed by atoms with van der Waals surface area (Å²) in [7, 11) is 0. The Bertz CT molecular complexity index is 218. The highest BCUT2D eigenvalue weighted by Crippen LogP contribution is 2.02. The maximum Gasteiger partial charge on any atom is 0.230 e. The molecule has 82 valence electrons. The molecule has 0 bridgehead atoms. The lowest BCUT2D eigenvalue weighted by Crippen LogP contribution is -2.46. The highest BCUT2D eigenvalue weighted by atomic mass is 79.9. The van der Waals surface area contributed by atoms with E-state index in [2.05, 4.69) is 15.9 Å². The Kier molecular flexibility index (Phi) is 6.05. The molecule has 0 rings (SSSR count). The molecule has 0 spiro atoms. The van der Waals surface area contributed by atoms with Gasteiger partial charge in [0, 0.05) is 0 Å². The molecule has 0 radical (unpaired) electrons. The van der Waals surface area contributed by atoms with E-state index in [1.54, 1.807) is 0 Å². The van der Waals surface area contributed by atoms with Crippen molar-refractivity contribution in [2.75, 3.05) is 11.9 Å². The van der Waals surface area contributed by atoms with Crippen LogP contribution in [-0.2, 0) is 9.59 Å². The van der Waals surface area contributed by atoms with E-state index in [-0.39, 0.29) is 5.33 Å².